The van der Waals surface area contributed by atoms with Crippen molar-refractivity contribution in [3.05, 3.63) is 0 Å². The molecule has 0 atom stereocenters. The fourth-order valence-corrected chi connectivity index (χ4v) is 27.3. The second kappa shape index (κ2) is 3.36. The minimum atomic E-state index is -1.87. The first-order valence-corrected chi connectivity index (χ1v) is 13.0. The standard InChI is InChI=1S/C13H33N2PSi/c1-12(2,3)14-16(7,8,9)15(13(4,5)6)17(14,10)11/h1-11H3. The molecule has 17 heavy (non-hydrogen) atoms. The predicted octanol–water partition coefficient (Wildman–Crippen LogP) is 4.18. The van der Waals surface area contributed by atoms with Crippen molar-refractivity contribution in [2.24, 2.45) is 0 Å². The molecule has 0 aliphatic carbocycles. The van der Waals surface area contributed by atoms with E-state index in [1.54, 1.807) is 0 Å². The zero-order chi connectivity index (χ0) is 14.1. The Morgan fingerprint density at radius 3 is 1.06 bits per heavy atom. The first-order valence-electron chi connectivity index (χ1n) is 6.64. The third kappa shape index (κ3) is 2.14. The Kier molecular flexibility index (Phi) is 3.09. The third-order valence-electron chi connectivity index (χ3n) is 3.69. The predicted molar refractivity (Wildman–Crippen MR) is 85.4 cm³/mol. The molecule has 104 valence electrons. The van der Waals surface area contributed by atoms with Crippen molar-refractivity contribution >= 4 is 15.3 Å². The zero-order valence-electron chi connectivity index (χ0n) is 13.8. The van der Waals surface area contributed by atoms with E-state index in [-0.39, 0.29) is 11.1 Å². The number of hydrogen-bond acceptors (Lipinski definition) is 2. The Morgan fingerprint density at radius 2 is 0.941 bits per heavy atom. The summed E-state index contributed by atoms with van der Waals surface area (Å²) in [6.45, 7) is 24.9. The van der Waals surface area contributed by atoms with Gasteiger partial charge >= 0.3 is 110 Å². The Morgan fingerprint density at radius 1 is 0.706 bits per heavy atom. The molecule has 0 aromatic rings. The van der Waals surface area contributed by atoms with Crippen LogP contribution in [0.2, 0.25) is 13.1 Å². The van der Waals surface area contributed by atoms with Crippen LogP contribution in [0.3, 0.4) is 0 Å². The fraction of sp³-hybridized carbons (Fsp3) is 1.00. The molecule has 4 heteroatoms. The Hall–Kier alpha value is 0.567. The van der Waals surface area contributed by atoms with Crippen molar-refractivity contribution in [3.8, 4) is 0 Å². The van der Waals surface area contributed by atoms with E-state index in [9.17, 15) is 0 Å². The molecule has 1 heterocycles. The second-order valence-corrected chi connectivity index (χ2v) is 19.8. The van der Waals surface area contributed by atoms with Gasteiger partial charge in [-0.25, -0.2) is 0 Å². The van der Waals surface area contributed by atoms with Gasteiger partial charge in [-0.2, -0.15) is 0 Å². The molecular weight excluding hydrogens is 243 g/mol. The molecule has 0 saturated carbocycles. The number of rotatable bonds is 0. The van der Waals surface area contributed by atoms with Crippen LogP contribution in [0.5, 0.6) is 0 Å². The Labute approximate surface area is 110 Å². The van der Waals surface area contributed by atoms with Gasteiger partial charge in [0.25, 0.3) is 0 Å². The van der Waals surface area contributed by atoms with Gasteiger partial charge in [0, 0.05) is 0 Å². The van der Waals surface area contributed by atoms with E-state index in [2.05, 4.69) is 83.3 Å². The molecule has 0 spiro atoms. The molecule has 0 aromatic heterocycles. The molecule has 1 aliphatic rings. The average molecular weight is 276 g/mol. The summed E-state index contributed by atoms with van der Waals surface area (Å²) < 4.78 is 5.80. The summed E-state index contributed by atoms with van der Waals surface area (Å²) in [7, 11) is -1.46. The van der Waals surface area contributed by atoms with Crippen LogP contribution in [0, 0.1) is 0 Å². The van der Waals surface area contributed by atoms with Gasteiger partial charge in [0.2, 0.25) is 0 Å². The molecule has 1 saturated heterocycles. The molecule has 0 radical (unpaired) electrons. The summed E-state index contributed by atoms with van der Waals surface area (Å²) in [4.78, 5) is 0. The van der Waals surface area contributed by atoms with E-state index < -0.39 is 15.3 Å². The van der Waals surface area contributed by atoms with Crippen molar-refractivity contribution in [1.82, 2.24) is 8.67 Å². The summed E-state index contributed by atoms with van der Waals surface area (Å²) in [5.41, 5.74) is 0.571. The quantitative estimate of drug-likeness (QED) is 0.484. The van der Waals surface area contributed by atoms with Gasteiger partial charge in [-0.05, 0) is 0 Å². The maximum absolute atomic E-state index is 2.90. The van der Waals surface area contributed by atoms with Crippen LogP contribution in [-0.4, -0.2) is 48.1 Å². The average Bonchev–Trinajstić information content (AvgIpc) is 1.66. The van der Waals surface area contributed by atoms with E-state index >= 15 is 0 Å². The minimum absolute atomic E-state index is 0.285. The molecule has 2 nitrogen and oxygen atoms in total. The molecule has 0 amide bonds. The topological polar surface area (TPSA) is 6.48 Å². The van der Waals surface area contributed by atoms with Crippen LogP contribution in [0.15, 0.2) is 0 Å². The van der Waals surface area contributed by atoms with Gasteiger partial charge in [-0.15, -0.1) is 0 Å². The van der Waals surface area contributed by atoms with E-state index in [0.29, 0.717) is 0 Å². The van der Waals surface area contributed by atoms with Gasteiger partial charge in [-0.3, -0.25) is 0 Å². The van der Waals surface area contributed by atoms with E-state index in [1.807, 2.05) is 0 Å². The van der Waals surface area contributed by atoms with Crippen molar-refractivity contribution < 1.29 is 0 Å². The third-order valence-corrected chi connectivity index (χ3v) is 18.1. The molecule has 1 fully saturated rings. The van der Waals surface area contributed by atoms with Gasteiger partial charge in [0.05, 0.1) is 0 Å². The summed E-state index contributed by atoms with van der Waals surface area (Å²) in [6.07, 6.45) is 0. The molecule has 1 rings (SSSR count). The fourth-order valence-electron chi connectivity index (χ4n) is 5.54. The zero-order valence-corrected chi connectivity index (χ0v) is 15.7. The molecule has 0 N–H and O–H groups in total. The Bertz CT molecular complexity index is 300. The monoisotopic (exact) mass is 276 g/mol. The second-order valence-electron chi connectivity index (χ2n) is 9.09. The van der Waals surface area contributed by atoms with E-state index in [0.717, 1.165) is 0 Å². The summed E-state index contributed by atoms with van der Waals surface area (Å²) in [5, 5.41) is 0. The van der Waals surface area contributed by atoms with Crippen molar-refractivity contribution in [2.75, 3.05) is 20.0 Å². The number of nitrogens with zero attached hydrogens (tertiary/aromatic N) is 2. The van der Waals surface area contributed by atoms with Crippen LogP contribution in [-0.2, 0) is 0 Å². The van der Waals surface area contributed by atoms with Crippen LogP contribution in [0.25, 0.3) is 0 Å². The molecule has 1 aliphatic heterocycles. The van der Waals surface area contributed by atoms with Crippen LogP contribution in [0.4, 0.5) is 0 Å². The van der Waals surface area contributed by atoms with Gasteiger partial charge in [0.1, 0.15) is 0 Å². The first-order chi connectivity index (χ1) is 7.01. The SMILES string of the molecule is CC(C)(C)N1[Si](C)(C)N(C(C)(C)C)P1(C)(C)C. The van der Waals surface area contributed by atoms with Gasteiger partial charge in [-0.1, -0.05) is 0 Å². The van der Waals surface area contributed by atoms with Crippen molar-refractivity contribution in [1.29, 1.82) is 0 Å². The van der Waals surface area contributed by atoms with Crippen LogP contribution < -0.4 is 0 Å². The molecular formula is C13H33N2PSi. The van der Waals surface area contributed by atoms with E-state index in [1.165, 1.54) is 0 Å². The normalized spacial score (nSPS) is 31.4. The van der Waals surface area contributed by atoms with Crippen LogP contribution >= 0.6 is 6.90 Å². The Balaban J connectivity index is 3.35. The van der Waals surface area contributed by atoms with Gasteiger partial charge in [0.15, 0.2) is 0 Å². The van der Waals surface area contributed by atoms with Crippen molar-refractivity contribution in [2.45, 2.75) is 65.7 Å². The first kappa shape index (κ1) is 15.6. The van der Waals surface area contributed by atoms with Gasteiger partial charge < -0.3 is 0 Å². The summed E-state index contributed by atoms with van der Waals surface area (Å²) in [6, 6.07) is 0. The molecule has 0 unspecified atom stereocenters. The molecule has 0 bridgehead atoms. The maximum atomic E-state index is 2.90. The van der Waals surface area contributed by atoms with Crippen LogP contribution in [0.1, 0.15) is 41.5 Å². The van der Waals surface area contributed by atoms with Crippen molar-refractivity contribution in [3.63, 3.8) is 0 Å². The summed E-state index contributed by atoms with van der Waals surface area (Å²) >= 11 is 0. The summed E-state index contributed by atoms with van der Waals surface area (Å²) in [5.74, 6) is 0. The molecule has 0 aromatic carbocycles. The van der Waals surface area contributed by atoms with E-state index in [4.69, 9.17) is 0 Å². The number of hydrogen-bond donors (Lipinski definition) is 0.